The number of fused-ring (bicyclic) bond motifs is 1. The van der Waals surface area contributed by atoms with Crippen molar-refractivity contribution in [2.45, 2.75) is 119 Å². The van der Waals surface area contributed by atoms with Crippen LogP contribution in [0.4, 0.5) is 0 Å². The van der Waals surface area contributed by atoms with Crippen molar-refractivity contribution in [2.24, 2.45) is 10.8 Å². The van der Waals surface area contributed by atoms with E-state index < -0.39 is 0 Å². The molecule has 0 saturated heterocycles. The van der Waals surface area contributed by atoms with Crippen molar-refractivity contribution in [3.63, 3.8) is 0 Å². The van der Waals surface area contributed by atoms with Crippen LogP contribution in [0.2, 0.25) is 0 Å². The first-order valence-electron chi connectivity index (χ1n) is 15.7. The standard InChI is InChI=1S/C40H54O3/c1-28(17-13-18-30(3)21-22-35-32(5)23-33(41)25-38(35,6)7)15-11-12-16-29(2)19-14-20-31(4)36-24-37-39(8,9)26-34(42)27-40(37,10)43-36/h11-20,24,33-34,36,41-42H,23,25-27H2,1-10H3/b12-11+,17-13+,19-14+,28-15+,29-16-,30-18+,31-20-/t33-,34+,36+,40-/m1/s1. The molecule has 0 bridgehead atoms. The van der Waals surface area contributed by atoms with Crippen LogP contribution in [-0.4, -0.2) is 34.1 Å². The molecule has 1 fully saturated rings. The van der Waals surface area contributed by atoms with Gasteiger partial charge in [0.2, 0.25) is 0 Å². The number of rotatable bonds is 7. The fourth-order valence-electron chi connectivity index (χ4n) is 6.84. The van der Waals surface area contributed by atoms with E-state index in [1.54, 1.807) is 0 Å². The Morgan fingerprint density at radius 1 is 0.791 bits per heavy atom. The molecule has 0 amide bonds. The van der Waals surface area contributed by atoms with Crippen LogP contribution in [0.25, 0.3) is 0 Å². The molecule has 0 spiro atoms. The molecule has 3 heteroatoms. The zero-order valence-electron chi connectivity index (χ0n) is 28.2. The van der Waals surface area contributed by atoms with Gasteiger partial charge in [0, 0.05) is 17.4 Å². The van der Waals surface area contributed by atoms with E-state index in [1.165, 1.54) is 16.7 Å². The third-order valence-electron chi connectivity index (χ3n) is 8.85. The zero-order valence-corrected chi connectivity index (χ0v) is 28.2. The van der Waals surface area contributed by atoms with Gasteiger partial charge < -0.3 is 14.9 Å². The highest BCUT2D eigenvalue weighted by Gasteiger charge is 2.50. The summed E-state index contributed by atoms with van der Waals surface area (Å²) in [4.78, 5) is 0. The largest absolute Gasteiger partial charge is 0.393 e. The van der Waals surface area contributed by atoms with Crippen molar-refractivity contribution in [2.75, 3.05) is 0 Å². The Morgan fingerprint density at radius 2 is 1.37 bits per heavy atom. The lowest BCUT2D eigenvalue weighted by Gasteiger charge is -2.44. The summed E-state index contributed by atoms with van der Waals surface area (Å²) in [5.74, 6) is 6.68. The maximum absolute atomic E-state index is 10.4. The van der Waals surface area contributed by atoms with E-state index in [0.29, 0.717) is 6.42 Å². The lowest BCUT2D eigenvalue weighted by Crippen LogP contribution is -2.45. The van der Waals surface area contributed by atoms with E-state index >= 15 is 0 Å². The monoisotopic (exact) mass is 582 g/mol. The van der Waals surface area contributed by atoms with Crippen LogP contribution in [0, 0.1) is 22.7 Å². The number of ether oxygens (including phenoxy) is 1. The molecule has 0 radical (unpaired) electrons. The Bertz CT molecular complexity index is 1390. The van der Waals surface area contributed by atoms with Gasteiger partial charge in [0.05, 0.1) is 23.9 Å². The van der Waals surface area contributed by atoms with Crippen LogP contribution in [-0.2, 0) is 4.74 Å². The molecule has 2 N–H and O–H groups in total. The maximum Gasteiger partial charge on any atom is 0.0982 e. The molecular formula is C40H54O3. The molecule has 3 rings (SSSR count). The van der Waals surface area contributed by atoms with Crippen LogP contribution in [0.15, 0.2) is 106 Å². The van der Waals surface area contributed by atoms with Crippen LogP contribution in [0.5, 0.6) is 0 Å². The molecule has 1 aliphatic heterocycles. The lowest BCUT2D eigenvalue weighted by atomic mass is 9.65. The summed E-state index contributed by atoms with van der Waals surface area (Å²) < 4.78 is 6.46. The molecule has 43 heavy (non-hydrogen) atoms. The average Bonchev–Trinajstić information content (AvgIpc) is 3.23. The molecular weight excluding hydrogens is 528 g/mol. The molecule has 2 aliphatic carbocycles. The number of aliphatic hydroxyl groups is 2. The lowest BCUT2D eigenvalue weighted by molar-refractivity contribution is -0.0683. The Morgan fingerprint density at radius 3 is 1.98 bits per heavy atom. The smallest absolute Gasteiger partial charge is 0.0982 e. The minimum atomic E-state index is -0.384. The van der Waals surface area contributed by atoms with E-state index in [0.717, 1.165) is 41.6 Å². The fourth-order valence-corrected chi connectivity index (χ4v) is 6.84. The van der Waals surface area contributed by atoms with Crippen molar-refractivity contribution in [1.82, 2.24) is 0 Å². The molecule has 232 valence electrons. The summed E-state index contributed by atoms with van der Waals surface area (Å²) in [5.41, 5.74) is 7.67. The molecule has 0 unspecified atom stereocenters. The summed E-state index contributed by atoms with van der Waals surface area (Å²) in [5, 5.41) is 20.5. The maximum atomic E-state index is 10.4. The third kappa shape index (κ3) is 9.54. The van der Waals surface area contributed by atoms with Crippen molar-refractivity contribution >= 4 is 0 Å². The van der Waals surface area contributed by atoms with Crippen molar-refractivity contribution in [3.8, 4) is 11.8 Å². The molecule has 3 nitrogen and oxygen atoms in total. The Labute approximate surface area is 261 Å². The number of hydrogen-bond donors (Lipinski definition) is 2. The van der Waals surface area contributed by atoms with Gasteiger partial charge in [-0.25, -0.2) is 0 Å². The minimum absolute atomic E-state index is 0.0498. The van der Waals surface area contributed by atoms with Crippen LogP contribution in [0.1, 0.15) is 94.9 Å². The Kier molecular flexibility index (Phi) is 11.5. The van der Waals surface area contributed by atoms with Crippen molar-refractivity contribution in [3.05, 3.63) is 106 Å². The van der Waals surface area contributed by atoms with Gasteiger partial charge in [-0.05, 0) is 89.0 Å². The summed E-state index contributed by atoms with van der Waals surface area (Å²) >= 11 is 0. The van der Waals surface area contributed by atoms with Crippen LogP contribution >= 0.6 is 0 Å². The van der Waals surface area contributed by atoms with Gasteiger partial charge in [0.15, 0.2) is 0 Å². The second-order valence-corrected chi connectivity index (χ2v) is 14.3. The summed E-state index contributed by atoms with van der Waals surface area (Å²) in [6, 6.07) is 0. The van der Waals surface area contributed by atoms with Crippen LogP contribution in [0.3, 0.4) is 0 Å². The predicted molar refractivity (Wildman–Crippen MR) is 182 cm³/mol. The summed E-state index contributed by atoms with van der Waals surface area (Å²) in [6.07, 6.45) is 25.4. The summed E-state index contributed by atoms with van der Waals surface area (Å²) in [7, 11) is 0. The Hall–Kier alpha value is -2.90. The molecule has 0 aromatic rings. The molecule has 0 aromatic carbocycles. The third-order valence-corrected chi connectivity index (χ3v) is 8.85. The quantitative estimate of drug-likeness (QED) is 0.179. The normalized spacial score (nSPS) is 30.2. The molecule has 3 aliphatic rings. The number of hydrogen-bond acceptors (Lipinski definition) is 3. The van der Waals surface area contributed by atoms with Crippen molar-refractivity contribution in [1.29, 1.82) is 0 Å². The number of aliphatic hydroxyl groups excluding tert-OH is 2. The SMILES string of the molecule is CC1=C(C#C/C(C)=C/C=C/C(C)=C/C=C/C=C(C)\C=C\C=C(\C)[C@@H]2C=C3C(C)(C)C[C@H](O)C[C@@]3(C)O2)C(C)(C)C[C@H](O)C1. The van der Waals surface area contributed by atoms with E-state index in [4.69, 9.17) is 4.74 Å². The number of allylic oxidation sites excluding steroid dienone is 14. The van der Waals surface area contributed by atoms with Crippen molar-refractivity contribution < 1.29 is 14.9 Å². The van der Waals surface area contributed by atoms with Gasteiger partial charge >= 0.3 is 0 Å². The minimum Gasteiger partial charge on any atom is -0.393 e. The van der Waals surface area contributed by atoms with E-state index in [2.05, 4.69) is 129 Å². The van der Waals surface area contributed by atoms with Gasteiger partial charge in [-0.2, -0.15) is 0 Å². The average molecular weight is 583 g/mol. The molecule has 0 aromatic heterocycles. The molecule has 1 heterocycles. The first-order chi connectivity index (χ1) is 20.0. The molecule has 4 atom stereocenters. The van der Waals surface area contributed by atoms with E-state index in [9.17, 15) is 10.2 Å². The second kappa shape index (κ2) is 14.3. The first kappa shape index (κ1) is 34.6. The van der Waals surface area contributed by atoms with Gasteiger partial charge in [-0.15, -0.1) is 0 Å². The van der Waals surface area contributed by atoms with E-state index in [1.807, 2.05) is 19.1 Å². The molecule has 1 saturated carbocycles. The topological polar surface area (TPSA) is 49.7 Å². The summed E-state index contributed by atoms with van der Waals surface area (Å²) in [6.45, 7) is 21.3. The highest BCUT2D eigenvalue weighted by molar-refractivity contribution is 5.45. The predicted octanol–water partition coefficient (Wildman–Crippen LogP) is 9.21. The van der Waals surface area contributed by atoms with Gasteiger partial charge in [0.1, 0.15) is 0 Å². The second-order valence-electron chi connectivity index (χ2n) is 14.3. The first-order valence-corrected chi connectivity index (χ1v) is 15.7. The van der Waals surface area contributed by atoms with Gasteiger partial charge in [0.25, 0.3) is 0 Å². The van der Waals surface area contributed by atoms with E-state index in [-0.39, 0.29) is 34.7 Å². The fraction of sp³-hybridized carbons (Fsp3) is 0.500. The highest BCUT2D eigenvalue weighted by atomic mass is 16.5. The zero-order chi connectivity index (χ0) is 32.0. The van der Waals surface area contributed by atoms with Crippen LogP contribution < -0.4 is 0 Å². The van der Waals surface area contributed by atoms with Gasteiger partial charge in [-0.3, -0.25) is 0 Å². The Balaban J connectivity index is 1.53. The van der Waals surface area contributed by atoms with Gasteiger partial charge in [-0.1, -0.05) is 117 Å². The highest BCUT2D eigenvalue weighted by Crippen LogP contribution is 2.52.